The van der Waals surface area contributed by atoms with Crippen molar-refractivity contribution in [3.8, 4) is 0 Å². The molecular formula is C16H17Br2NO. The molecule has 2 aromatic carbocycles. The maximum absolute atomic E-state index is 5.77. The summed E-state index contributed by atoms with van der Waals surface area (Å²) < 4.78 is 7.95. The van der Waals surface area contributed by atoms with Gasteiger partial charge in [0.15, 0.2) is 0 Å². The van der Waals surface area contributed by atoms with E-state index in [1.165, 1.54) is 16.7 Å². The van der Waals surface area contributed by atoms with Gasteiger partial charge in [0.2, 0.25) is 0 Å². The standard InChI is InChI=1S/C16H17Br2NO/c1-19-9-12-5-6-14(16(18)8-12)11-20-10-13-3-2-4-15(17)7-13/h2-8,19H,9-11H2,1H3. The van der Waals surface area contributed by atoms with Gasteiger partial charge in [0.05, 0.1) is 13.2 Å². The van der Waals surface area contributed by atoms with Crippen LogP contribution in [-0.4, -0.2) is 7.05 Å². The number of hydrogen-bond acceptors (Lipinski definition) is 2. The van der Waals surface area contributed by atoms with Crippen molar-refractivity contribution < 1.29 is 4.74 Å². The average Bonchev–Trinajstić information content (AvgIpc) is 2.42. The number of benzene rings is 2. The summed E-state index contributed by atoms with van der Waals surface area (Å²) in [6.45, 7) is 2.09. The molecule has 2 nitrogen and oxygen atoms in total. The Balaban J connectivity index is 1.91. The van der Waals surface area contributed by atoms with E-state index in [9.17, 15) is 0 Å². The highest BCUT2D eigenvalue weighted by atomic mass is 79.9. The second kappa shape index (κ2) is 7.93. The van der Waals surface area contributed by atoms with Crippen LogP contribution in [0.25, 0.3) is 0 Å². The zero-order valence-corrected chi connectivity index (χ0v) is 14.5. The average molecular weight is 399 g/mol. The van der Waals surface area contributed by atoms with E-state index in [1.807, 2.05) is 19.2 Å². The quantitative estimate of drug-likeness (QED) is 0.764. The molecule has 0 fully saturated rings. The molecule has 106 valence electrons. The minimum Gasteiger partial charge on any atom is -0.372 e. The van der Waals surface area contributed by atoms with Crippen molar-refractivity contribution >= 4 is 31.9 Å². The molecule has 0 heterocycles. The molecule has 0 amide bonds. The third-order valence-corrected chi connectivity index (χ3v) is 4.15. The zero-order valence-electron chi connectivity index (χ0n) is 11.3. The molecule has 0 unspecified atom stereocenters. The normalized spacial score (nSPS) is 10.8. The fourth-order valence-electron chi connectivity index (χ4n) is 1.93. The molecule has 2 rings (SSSR count). The molecular weight excluding hydrogens is 382 g/mol. The largest absolute Gasteiger partial charge is 0.372 e. The van der Waals surface area contributed by atoms with Gasteiger partial charge < -0.3 is 10.1 Å². The van der Waals surface area contributed by atoms with Gasteiger partial charge in [0, 0.05) is 15.5 Å². The summed E-state index contributed by atoms with van der Waals surface area (Å²) in [6, 6.07) is 14.5. The van der Waals surface area contributed by atoms with Crippen molar-refractivity contribution in [1.29, 1.82) is 0 Å². The SMILES string of the molecule is CNCc1ccc(COCc2cccc(Br)c2)c(Br)c1. The molecule has 0 spiro atoms. The minimum atomic E-state index is 0.604. The van der Waals surface area contributed by atoms with Gasteiger partial charge in [-0.05, 0) is 41.9 Å². The first-order chi connectivity index (χ1) is 9.69. The van der Waals surface area contributed by atoms with E-state index < -0.39 is 0 Å². The van der Waals surface area contributed by atoms with Crippen LogP contribution in [0.4, 0.5) is 0 Å². The smallest absolute Gasteiger partial charge is 0.0732 e. The highest BCUT2D eigenvalue weighted by molar-refractivity contribution is 9.10. The van der Waals surface area contributed by atoms with Crippen LogP contribution in [0.3, 0.4) is 0 Å². The minimum absolute atomic E-state index is 0.604. The van der Waals surface area contributed by atoms with Crippen molar-refractivity contribution in [3.63, 3.8) is 0 Å². The lowest BCUT2D eigenvalue weighted by Gasteiger charge is -2.09. The van der Waals surface area contributed by atoms with Gasteiger partial charge >= 0.3 is 0 Å². The number of hydrogen-bond donors (Lipinski definition) is 1. The number of rotatable bonds is 6. The van der Waals surface area contributed by atoms with Gasteiger partial charge in [-0.1, -0.05) is 56.1 Å². The van der Waals surface area contributed by atoms with Crippen LogP contribution in [-0.2, 0) is 24.5 Å². The Morgan fingerprint density at radius 2 is 1.85 bits per heavy atom. The van der Waals surface area contributed by atoms with Crippen molar-refractivity contribution in [2.45, 2.75) is 19.8 Å². The third-order valence-electron chi connectivity index (χ3n) is 2.91. The Morgan fingerprint density at radius 3 is 2.55 bits per heavy atom. The van der Waals surface area contributed by atoms with Crippen LogP contribution >= 0.6 is 31.9 Å². The fraction of sp³-hybridized carbons (Fsp3) is 0.250. The maximum Gasteiger partial charge on any atom is 0.0732 e. The summed E-state index contributed by atoms with van der Waals surface area (Å²) in [7, 11) is 1.95. The summed E-state index contributed by atoms with van der Waals surface area (Å²) in [5.41, 5.74) is 3.59. The lowest BCUT2D eigenvalue weighted by atomic mass is 10.1. The highest BCUT2D eigenvalue weighted by Crippen LogP contribution is 2.20. The summed E-state index contributed by atoms with van der Waals surface area (Å²) >= 11 is 7.06. The second-order valence-electron chi connectivity index (χ2n) is 4.58. The lowest BCUT2D eigenvalue weighted by molar-refractivity contribution is 0.106. The lowest BCUT2D eigenvalue weighted by Crippen LogP contribution is -2.05. The Morgan fingerprint density at radius 1 is 1.00 bits per heavy atom. The first kappa shape index (κ1) is 15.7. The molecule has 0 bridgehead atoms. The Bertz CT molecular complexity index is 572. The van der Waals surface area contributed by atoms with E-state index in [0.29, 0.717) is 13.2 Å². The van der Waals surface area contributed by atoms with Crippen LogP contribution < -0.4 is 5.32 Å². The molecule has 0 aliphatic heterocycles. The van der Waals surface area contributed by atoms with Gasteiger partial charge in [0.1, 0.15) is 0 Å². The third kappa shape index (κ3) is 4.70. The fourth-order valence-corrected chi connectivity index (χ4v) is 2.91. The van der Waals surface area contributed by atoms with Crippen LogP contribution in [0.15, 0.2) is 51.4 Å². The van der Waals surface area contributed by atoms with Crippen molar-refractivity contribution in [1.82, 2.24) is 5.32 Å². The number of ether oxygens (including phenoxy) is 1. The molecule has 2 aromatic rings. The second-order valence-corrected chi connectivity index (χ2v) is 6.35. The molecule has 0 atom stereocenters. The Kier molecular flexibility index (Phi) is 6.23. The van der Waals surface area contributed by atoms with E-state index in [1.54, 1.807) is 0 Å². The Labute approximate surface area is 136 Å². The molecule has 20 heavy (non-hydrogen) atoms. The van der Waals surface area contributed by atoms with E-state index >= 15 is 0 Å². The molecule has 0 aliphatic carbocycles. The molecule has 0 saturated carbocycles. The predicted octanol–water partition coefficient (Wildman–Crippen LogP) is 4.65. The van der Waals surface area contributed by atoms with Gasteiger partial charge in [-0.25, -0.2) is 0 Å². The van der Waals surface area contributed by atoms with E-state index in [0.717, 1.165) is 15.5 Å². The maximum atomic E-state index is 5.77. The zero-order chi connectivity index (χ0) is 14.4. The van der Waals surface area contributed by atoms with Gasteiger partial charge in [-0.2, -0.15) is 0 Å². The highest BCUT2D eigenvalue weighted by Gasteiger charge is 2.02. The van der Waals surface area contributed by atoms with Gasteiger partial charge in [0.25, 0.3) is 0 Å². The molecule has 4 heteroatoms. The molecule has 0 aliphatic rings. The van der Waals surface area contributed by atoms with E-state index in [-0.39, 0.29) is 0 Å². The van der Waals surface area contributed by atoms with Crippen LogP contribution in [0, 0.1) is 0 Å². The topological polar surface area (TPSA) is 21.3 Å². The monoisotopic (exact) mass is 397 g/mol. The summed E-state index contributed by atoms with van der Waals surface area (Å²) in [6.07, 6.45) is 0. The van der Waals surface area contributed by atoms with E-state index in [2.05, 4.69) is 67.5 Å². The molecule has 1 N–H and O–H groups in total. The molecule has 0 aromatic heterocycles. The van der Waals surface area contributed by atoms with Crippen LogP contribution in [0.1, 0.15) is 16.7 Å². The molecule has 0 radical (unpaired) electrons. The Hall–Kier alpha value is -0.680. The predicted molar refractivity (Wildman–Crippen MR) is 89.5 cm³/mol. The van der Waals surface area contributed by atoms with Crippen molar-refractivity contribution in [2.24, 2.45) is 0 Å². The first-order valence-electron chi connectivity index (χ1n) is 6.43. The summed E-state index contributed by atoms with van der Waals surface area (Å²) in [4.78, 5) is 0. The van der Waals surface area contributed by atoms with Gasteiger partial charge in [-0.15, -0.1) is 0 Å². The van der Waals surface area contributed by atoms with Crippen LogP contribution in [0.5, 0.6) is 0 Å². The van der Waals surface area contributed by atoms with E-state index in [4.69, 9.17) is 4.74 Å². The summed E-state index contributed by atoms with van der Waals surface area (Å²) in [5, 5.41) is 3.14. The first-order valence-corrected chi connectivity index (χ1v) is 8.01. The van der Waals surface area contributed by atoms with Crippen molar-refractivity contribution in [3.05, 3.63) is 68.1 Å². The number of halogens is 2. The number of nitrogens with one attached hydrogen (secondary N) is 1. The summed E-state index contributed by atoms with van der Waals surface area (Å²) in [5.74, 6) is 0. The van der Waals surface area contributed by atoms with Crippen molar-refractivity contribution in [2.75, 3.05) is 7.05 Å². The van der Waals surface area contributed by atoms with Gasteiger partial charge in [-0.3, -0.25) is 0 Å². The van der Waals surface area contributed by atoms with Crippen LogP contribution in [0.2, 0.25) is 0 Å². The molecule has 0 saturated heterocycles.